The van der Waals surface area contributed by atoms with Crippen molar-refractivity contribution in [3.63, 3.8) is 0 Å². The number of carbonyl (C=O) groups is 2. The predicted molar refractivity (Wildman–Crippen MR) is 70.0 cm³/mol. The fraction of sp³-hybridized carbons (Fsp3) is 0.462. The van der Waals surface area contributed by atoms with Crippen molar-refractivity contribution < 1.29 is 14.7 Å². The van der Waals surface area contributed by atoms with Crippen molar-refractivity contribution in [3.8, 4) is 0 Å². The van der Waals surface area contributed by atoms with E-state index < -0.39 is 11.4 Å². The average molecular weight is 263 g/mol. The van der Waals surface area contributed by atoms with Crippen molar-refractivity contribution in [2.75, 3.05) is 18.9 Å². The van der Waals surface area contributed by atoms with E-state index in [2.05, 4.69) is 15.6 Å². The van der Waals surface area contributed by atoms with Gasteiger partial charge in [-0.3, -0.25) is 14.6 Å². The molecule has 0 aliphatic heterocycles. The van der Waals surface area contributed by atoms with E-state index in [1.54, 1.807) is 12.1 Å². The molecule has 0 saturated heterocycles. The van der Waals surface area contributed by atoms with Crippen LogP contribution in [0.2, 0.25) is 0 Å². The molecule has 0 atom stereocenters. The molecule has 1 aromatic heterocycles. The summed E-state index contributed by atoms with van der Waals surface area (Å²) < 4.78 is 0. The number of carboxylic acids is 1. The molecular formula is C13H17N3O3. The molecule has 6 nitrogen and oxygen atoms in total. The Bertz CT molecular complexity index is 498. The maximum Gasteiger partial charge on any atom is 0.311 e. The van der Waals surface area contributed by atoms with Gasteiger partial charge in [-0.1, -0.05) is 6.42 Å². The van der Waals surface area contributed by atoms with Gasteiger partial charge in [0.15, 0.2) is 0 Å². The van der Waals surface area contributed by atoms with E-state index in [0.717, 1.165) is 6.42 Å². The summed E-state index contributed by atoms with van der Waals surface area (Å²) in [7, 11) is 1.54. The number of pyridine rings is 1. The van der Waals surface area contributed by atoms with Gasteiger partial charge in [0.25, 0.3) is 5.91 Å². The number of aliphatic carboxylic acids is 1. The topological polar surface area (TPSA) is 91.3 Å². The molecule has 1 amide bonds. The monoisotopic (exact) mass is 263 g/mol. The number of carbonyl (C=O) groups excluding carboxylic acids is 1. The van der Waals surface area contributed by atoms with Gasteiger partial charge in [0.05, 0.1) is 5.41 Å². The smallest absolute Gasteiger partial charge is 0.311 e. The van der Waals surface area contributed by atoms with Crippen LogP contribution in [0.5, 0.6) is 0 Å². The number of hydrogen-bond donors (Lipinski definition) is 3. The van der Waals surface area contributed by atoms with Gasteiger partial charge in [-0.15, -0.1) is 0 Å². The van der Waals surface area contributed by atoms with Crippen LogP contribution in [0.15, 0.2) is 18.3 Å². The third kappa shape index (κ3) is 2.67. The number of amides is 1. The number of rotatable bonds is 5. The SMILES string of the molecule is CNC(=O)c1cc(NCC2(C(=O)O)CCC2)ccn1. The lowest BCUT2D eigenvalue weighted by molar-refractivity contribution is -0.153. The molecule has 1 saturated carbocycles. The number of nitrogens with zero attached hydrogens (tertiary/aromatic N) is 1. The molecule has 0 unspecified atom stereocenters. The van der Waals surface area contributed by atoms with Gasteiger partial charge in [0.2, 0.25) is 0 Å². The third-order valence-electron chi connectivity index (χ3n) is 3.61. The van der Waals surface area contributed by atoms with Crippen LogP contribution in [0.1, 0.15) is 29.8 Å². The van der Waals surface area contributed by atoms with Crippen LogP contribution in [-0.4, -0.2) is 35.6 Å². The molecule has 1 fully saturated rings. The number of aromatic nitrogens is 1. The Hall–Kier alpha value is -2.11. The molecule has 1 aromatic rings. The standard InChI is InChI=1S/C13H17N3O3/c1-14-11(17)10-7-9(3-6-15-10)16-8-13(12(18)19)4-2-5-13/h3,6-7H,2,4-5,8H2,1H3,(H,14,17)(H,15,16)(H,18,19). The van der Waals surface area contributed by atoms with Crippen molar-refractivity contribution in [2.45, 2.75) is 19.3 Å². The van der Waals surface area contributed by atoms with Crippen molar-refractivity contribution in [1.82, 2.24) is 10.3 Å². The van der Waals surface area contributed by atoms with Gasteiger partial charge in [-0.2, -0.15) is 0 Å². The Balaban J connectivity index is 2.03. The zero-order valence-electron chi connectivity index (χ0n) is 10.8. The molecule has 0 radical (unpaired) electrons. The molecule has 0 spiro atoms. The van der Waals surface area contributed by atoms with Crippen LogP contribution in [0, 0.1) is 5.41 Å². The maximum atomic E-state index is 11.4. The maximum absolute atomic E-state index is 11.4. The van der Waals surface area contributed by atoms with Gasteiger partial charge in [-0.05, 0) is 25.0 Å². The minimum Gasteiger partial charge on any atom is -0.481 e. The number of hydrogen-bond acceptors (Lipinski definition) is 4. The first kappa shape index (κ1) is 13.3. The fourth-order valence-electron chi connectivity index (χ4n) is 2.13. The van der Waals surface area contributed by atoms with Crippen LogP contribution in [0.4, 0.5) is 5.69 Å². The van der Waals surface area contributed by atoms with Crippen LogP contribution in [0.3, 0.4) is 0 Å². The predicted octanol–water partition coefficient (Wildman–Crippen LogP) is 1.11. The molecule has 19 heavy (non-hydrogen) atoms. The highest BCUT2D eigenvalue weighted by molar-refractivity contribution is 5.92. The quantitative estimate of drug-likeness (QED) is 0.740. The van der Waals surface area contributed by atoms with E-state index in [-0.39, 0.29) is 5.91 Å². The molecular weight excluding hydrogens is 246 g/mol. The summed E-state index contributed by atoms with van der Waals surface area (Å²) in [6.45, 7) is 0.375. The Labute approximate surface area is 111 Å². The van der Waals surface area contributed by atoms with E-state index in [0.29, 0.717) is 30.8 Å². The Morgan fingerprint density at radius 2 is 2.21 bits per heavy atom. The van der Waals surface area contributed by atoms with Crippen molar-refractivity contribution in [2.24, 2.45) is 5.41 Å². The summed E-state index contributed by atoms with van der Waals surface area (Å²) in [6.07, 6.45) is 3.88. The molecule has 1 heterocycles. The number of anilines is 1. The molecule has 102 valence electrons. The van der Waals surface area contributed by atoms with Crippen LogP contribution in [-0.2, 0) is 4.79 Å². The van der Waals surface area contributed by atoms with E-state index in [1.807, 2.05) is 0 Å². The summed E-state index contributed by atoms with van der Waals surface area (Å²) in [5.74, 6) is -1.02. The van der Waals surface area contributed by atoms with Crippen molar-refractivity contribution in [1.29, 1.82) is 0 Å². The molecule has 0 bridgehead atoms. The highest BCUT2D eigenvalue weighted by atomic mass is 16.4. The van der Waals surface area contributed by atoms with Gasteiger partial charge in [-0.25, -0.2) is 0 Å². The summed E-state index contributed by atoms with van der Waals surface area (Å²) in [4.78, 5) is 26.6. The lowest BCUT2D eigenvalue weighted by Crippen LogP contribution is -2.43. The first-order valence-corrected chi connectivity index (χ1v) is 6.23. The minimum atomic E-state index is -0.758. The summed E-state index contributed by atoms with van der Waals surface area (Å²) >= 11 is 0. The molecule has 1 aliphatic rings. The van der Waals surface area contributed by atoms with E-state index in [1.165, 1.54) is 13.2 Å². The summed E-state index contributed by atoms with van der Waals surface area (Å²) in [5.41, 5.74) is 0.364. The van der Waals surface area contributed by atoms with Gasteiger partial charge in [0.1, 0.15) is 5.69 Å². The molecule has 6 heteroatoms. The zero-order valence-corrected chi connectivity index (χ0v) is 10.8. The van der Waals surface area contributed by atoms with Gasteiger partial charge >= 0.3 is 5.97 Å². The van der Waals surface area contributed by atoms with Crippen molar-refractivity contribution in [3.05, 3.63) is 24.0 Å². The molecule has 0 aromatic carbocycles. The Morgan fingerprint density at radius 1 is 1.47 bits per heavy atom. The third-order valence-corrected chi connectivity index (χ3v) is 3.61. The summed E-state index contributed by atoms with van der Waals surface area (Å²) in [5, 5.41) is 14.8. The second-order valence-corrected chi connectivity index (χ2v) is 4.80. The second-order valence-electron chi connectivity index (χ2n) is 4.80. The van der Waals surface area contributed by atoms with Gasteiger partial charge < -0.3 is 15.7 Å². The molecule has 1 aliphatic carbocycles. The fourth-order valence-corrected chi connectivity index (χ4v) is 2.13. The summed E-state index contributed by atoms with van der Waals surface area (Å²) in [6, 6.07) is 3.34. The first-order chi connectivity index (χ1) is 9.07. The van der Waals surface area contributed by atoms with E-state index >= 15 is 0 Å². The Kier molecular flexibility index (Phi) is 3.69. The number of carboxylic acid groups (broad SMARTS) is 1. The lowest BCUT2D eigenvalue weighted by Gasteiger charge is -2.37. The molecule has 3 N–H and O–H groups in total. The highest BCUT2D eigenvalue weighted by Crippen LogP contribution is 2.41. The normalized spacial score (nSPS) is 16.3. The second kappa shape index (κ2) is 5.26. The average Bonchev–Trinajstić information content (AvgIpc) is 2.36. The highest BCUT2D eigenvalue weighted by Gasteiger charge is 2.44. The van der Waals surface area contributed by atoms with Crippen LogP contribution < -0.4 is 10.6 Å². The zero-order chi connectivity index (χ0) is 13.9. The first-order valence-electron chi connectivity index (χ1n) is 6.23. The van der Waals surface area contributed by atoms with Gasteiger partial charge in [0, 0.05) is 25.5 Å². The minimum absolute atomic E-state index is 0.264. The number of nitrogens with one attached hydrogen (secondary N) is 2. The van der Waals surface area contributed by atoms with Crippen LogP contribution >= 0.6 is 0 Å². The van der Waals surface area contributed by atoms with E-state index in [4.69, 9.17) is 0 Å². The van der Waals surface area contributed by atoms with Crippen LogP contribution in [0.25, 0.3) is 0 Å². The van der Waals surface area contributed by atoms with E-state index in [9.17, 15) is 14.7 Å². The largest absolute Gasteiger partial charge is 0.481 e. The Morgan fingerprint density at radius 3 is 2.74 bits per heavy atom. The lowest BCUT2D eigenvalue weighted by atomic mass is 9.69. The molecule has 2 rings (SSSR count). The van der Waals surface area contributed by atoms with Crippen molar-refractivity contribution >= 4 is 17.6 Å².